The van der Waals surface area contributed by atoms with E-state index in [0.29, 0.717) is 39.3 Å². The third-order valence-electron chi connectivity index (χ3n) is 4.56. The molecule has 3 heterocycles. The van der Waals surface area contributed by atoms with Crippen LogP contribution in [-0.2, 0) is 17.1 Å². The lowest BCUT2D eigenvalue weighted by Gasteiger charge is -2.08. The molecule has 0 amide bonds. The Kier molecular flexibility index (Phi) is 3.71. The zero-order chi connectivity index (χ0) is 19.5. The number of anilines is 1. The summed E-state index contributed by atoms with van der Waals surface area (Å²) in [6.45, 7) is 0. The number of aryl methyl sites for hydroxylation is 1. The van der Waals surface area contributed by atoms with Gasteiger partial charge in [0.1, 0.15) is 4.88 Å². The molecule has 1 N–H and O–H groups in total. The molecule has 0 unspecified atom stereocenters. The molecular weight excluding hydrogens is 404 g/mol. The summed E-state index contributed by atoms with van der Waals surface area (Å²) in [4.78, 5) is 16.6. The first-order chi connectivity index (χ1) is 13.4. The lowest BCUT2D eigenvalue weighted by atomic mass is 10.3. The van der Waals surface area contributed by atoms with Crippen LogP contribution in [0.25, 0.3) is 21.9 Å². The van der Waals surface area contributed by atoms with Crippen molar-refractivity contribution in [3.8, 4) is 10.8 Å². The molecular formula is C17H14N4O5S2. The van der Waals surface area contributed by atoms with Gasteiger partial charge in [0.2, 0.25) is 0 Å². The Hall–Kier alpha value is -2.92. The topological polar surface area (TPSA) is 120 Å². The largest absolute Gasteiger partial charge is 0.419 e. The first-order valence-corrected chi connectivity index (χ1v) is 10.8. The molecule has 0 aliphatic heterocycles. The van der Waals surface area contributed by atoms with Gasteiger partial charge in [0.25, 0.3) is 15.9 Å². The minimum Gasteiger partial charge on any atom is -0.408 e. The number of oxazole rings is 1. The van der Waals surface area contributed by atoms with Crippen LogP contribution >= 0.6 is 11.3 Å². The quantitative estimate of drug-likeness (QED) is 0.529. The molecule has 144 valence electrons. The summed E-state index contributed by atoms with van der Waals surface area (Å²) in [5, 5.41) is 5.72. The molecule has 5 rings (SSSR count). The summed E-state index contributed by atoms with van der Waals surface area (Å²) in [7, 11) is -2.38. The van der Waals surface area contributed by atoms with E-state index in [1.54, 1.807) is 11.4 Å². The fourth-order valence-electron chi connectivity index (χ4n) is 2.87. The maximum absolute atomic E-state index is 12.9. The number of hydrogen-bond acceptors (Lipinski definition) is 8. The van der Waals surface area contributed by atoms with Crippen LogP contribution in [0.2, 0.25) is 0 Å². The molecule has 0 radical (unpaired) electrons. The maximum atomic E-state index is 12.9. The molecule has 1 aromatic carbocycles. The third-order valence-corrected chi connectivity index (χ3v) is 6.83. The van der Waals surface area contributed by atoms with Crippen LogP contribution < -0.4 is 10.5 Å². The molecule has 1 saturated carbocycles. The monoisotopic (exact) mass is 418 g/mol. The van der Waals surface area contributed by atoms with Gasteiger partial charge < -0.3 is 8.94 Å². The Balaban J connectivity index is 1.49. The normalized spacial score (nSPS) is 14.6. The molecule has 3 aromatic heterocycles. The van der Waals surface area contributed by atoms with Crippen LogP contribution in [0.5, 0.6) is 0 Å². The second-order valence-electron chi connectivity index (χ2n) is 6.56. The smallest absolute Gasteiger partial charge is 0.408 e. The molecule has 9 nitrogen and oxygen atoms in total. The van der Waals surface area contributed by atoms with Gasteiger partial charge in [-0.1, -0.05) is 5.16 Å². The summed E-state index contributed by atoms with van der Waals surface area (Å²) >= 11 is 1.31. The van der Waals surface area contributed by atoms with E-state index in [4.69, 9.17) is 8.94 Å². The van der Waals surface area contributed by atoms with Crippen molar-refractivity contribution in [3.05, 3.63) is 46.0 Å². The number of thiophene rings is 1. The predicted octanol–water partition coefficient (Wildman–Crippen LogP) is 2.92. The average molecular weight is 418 g/mol. The highest BCUT2D eigenvalue weighted by molar-refractivity contribution is 7.92. The van der Waals surface area contributed by atoms with E-state index in [-0.39, 0.29) is 4.90 Å². The van der Waals surface area contributed by atoms with Gasteiger partial charge in [-0.25, -0.2) is 13.2 Å². The molecule has 1 aliphatic rings. The van der Waals surface area contributed by atoms with Crippen LogP contribution in [0.3, 0.4) is 0 Å². The van der Waals surface area contributed by atoms with Crippen LogP contribution in [0.1, 0.15) is 24.6 Å². The molecule has 28 heavy (non-hydrogen) atoms. The first kappa shape index (κ1) is 17.2. The summed E-state index contributed by atoms with van der Waals surface area (Å²) in [5.74, 6) is 0.734. The number of benzene rings is 1. The molecule has 4 aromatic rings. The van der Waals surface area contributed by atoms with E-state index < -0.39 is 15.8 Å². The Morgan fingerprint density at radius 3 is 2.89 bits per heavy atom. The van der Waals surface area contributed by atoms with E-state index in [1.165, 1.54) is 41.2 Å². The van der Waals surface area contributed by atoms with E-state index in [0.717, 1.165) is 12.8 Å². The van der Waals surface area contributed by atoms with Crippen molar-refractivity contribution in [2.45, 2.75) is 23.7 Å². The lowest BCUT2D eigenvalue weighted by molar-refractivity contribution is 0.423. The summed E-state index contributed by atoms with van der Waals surface area (Å²) < 4.78 is 39.9. The number of sulfonamides is 1. The van der Waals surface area contributed by atoms with E-state index in [2.05, 4.69) is 14.9 Å². The predicted molar refractivity (Wildman–Crippen MR) is 102 cm³/mol. The number of rotatable bonds is 5. The van der Waals surface area contributed by atoms with Crippen LogP contribution in [0, 0.1) is 0 Å². The number of nitrogens with zero attached hydrogens (tertiary/aromatic N) is 3. The zero-order valence-electron chi connectivity index (χ0n) is 14.6. The molecule has 0 saturated heterocycles. The van der Waals surface area contributed by atoms with Crippen molar-refractivity contribution >= 4 is 38.1 Å². The fourth-order valence-corrected chi connectivity index (χ4v) is 4.79. The Labute approximate surface area is 162 Å². The summed E-state index contributed by atoms with van der Waals surface area (Å²) in [6.07, 6.45) is 2.09. The molecule has 1 aliphatic carbocycles. The molecule has 0 atom stereocenters. The number of fused-ring (bicyclic) bond motifs is 1. The van der Waals surface area contributed by atoms with Crippen molar-refractivity contribution in [2.75, 3.05) is 4.72 Å². The van der Waals surface area contributed by atoms with Gasteiger partial charge in [0.05, 0.1) is 16.1 Å². The highest BCUT2D eigenvalue weighted by Gasteiger charge is 2.30. The Morgan fingerprint density at radius 1 is 1.29 bits per heavy atom. The maximum Gasteiger partial charge on any atom is 0.419 e. The third kappa shape index (κ3) is 2.83. The second kappa shape index (κ2) is 6.04. The lowest BCUT2D eigenvalue weighted by Crippen LogP contribution is -2.13. The van der Waals surface area contributed by atoms with Gasteiger partial charge >= 0.3 is 5.76 Å². The van der Waals surface area contributed by atoms with Crippen LogP contribution in [-0.4, -0.2) is 23.1 Å². The number of hydrogen-bond donors (Lipinski definition) is 1. The van der Waals surface area contributed by atoms with Gasteiger partial charge in [-0.2, -0.15) is 4.98 Å². The van der Waals surface area contributed by atoms with Crippen molar-refractivity contribution in [3.63, 3.8) is 0 Å². The summed E-state index contributed by atoms with van der Waals surface area (Å²) in [6, 6.07) is 5.88. The van der Waals surface area contributed by atoms with Gasteiger partial charge in [0.15, 0.2) is 11.4 Å². The fraction of sp³-hybridized carbons (Fsp3) is 0.235. The minimum absolute atomic E-state index is 0.0118. The van der Waals surface area contributed by atoms with E-state index >= 15 is 0 Å². The SMILES string of the molecule is Cn1c(=O)oc2ccc(S(=O)(=O)Nc3ccsc3-c3nc(C4CC4)no3)cc21. The van der Waals surface area contributed by atoms with Crippen molar-refractivity contribution in [2.24, 2.45) is 7.05 Å². The Morgan fingerprint density at radius 2 is 2.11 bits per heavy atom. The Bertz CT molecular complexity index is 1360. The first-order valence-electron chi connectivity index (χ1n) is 8.46. The van der Waals surface area contributed by atoms with Crippen LogP contribution in [0.15, 0.2) is 48.3 Å². The zero-order valence-corrected chi connectivity index (χ0v) is 16.2. The molecule has 11 heteroatoms. The molecule has 0 spiro atoms. The average Bonchev–Trinajstić information content (AvgIpc) is 3.10. The molecule has 1 fully saturated rings. The highest BCUT2D eigenvalue weighted by Crippen LogP contribution is 2.40. The standard InChI is InChI=1S/C17H14N4O5S2/c1-21-12-8-10(4-5-13(12)25-17(21)22)28(23,24)20-11-6-7-27-14(11)16-18-15(19-26-16)9-2-3-9/h4-9,20H,2-3H2,1H3. The molecule has 0 bridgehead atoms. The van der Waals surface area contributed by atoms with Crippen molar-refractivity contribution < 1.29 is 17.4 Å². The minimum atomic E-state index is -3.90. The van der Waals surface area contributed by atoms with Gasteiger partial charge in [-0.15, -0.1) is 11.3 Å². The van der Waals surface area contributed by atoms with E-state index in [9.17, 15) is 13.2 Å². The van der Waals surface area contributed by atoms with Crippen molar-refractivity contribution in [1.82, 2.24) is 14.7 Å². The van der Waals surface area contributed by atoms with Gasteiger partial charge in [-0.05, 0) is 42.5 Å². The summed E-state index contributed by atoms with van der Waals surface area (Å²) in [5.41, 5.74) is 1.07. The van der Waals surface area contributed by atoms with E-state index in [1.807, 2.05) is 0 Å². The van der Waals surface area contributed by atoms with Gasteiger partial charge in [-0.3, -0.25) is 9.29 Å². The number of nitrogens with one attached hydrogen (secondary N) is 1. The van der Waals surface area contributed by atoms with Crippen LogP contribution in [0.4, 0.5) is 5.69 Å². The van der Waals surface area contributed by atoms with Crippen molar-refractivity contribution in [1.29, 1.82) is 0 Å². The second-order valence-corrected chi connectivity index (χ2v) is 9.16. The van der Waals surface area contributed by atoms with Gasteiger partial charge in [0, 0.05) is 13.0 Å². The number of aromatic nitrogens is 3. The highest BCUT2D eigenvalue weighted by atomic mass is 32.2.